The molecular formula is C24H35N3O3+2. The summed E-state index contributed by atoms with van der Waals surface area (Å²) in [5.74, 6) is 1.51. The van der Waals surface area contributed by atoms with Crippen LogP contribution in [0.5, 0.6) is 11.5 Å². The predicted molar refractivity (Wildman–Crippen MR) is 119 cm³/mol. The van der Waals surface area contributed by atoms with Crippen LogP contribution in [-0.4, -0.2) is 53.4 Å². The highest BCUT2D eigenvalue weighted by Gasteiger charge is 2.16. The molecule has 0 aliphatic carbocycles. The average molecular weight is 414 g/mol. The molecule has 3 rings (SSSR count). The molecule has 0 radical (unpaired) electrons. The Balaban J connectivity index is 1.43. The molecule has 6 nitrogen and oxygen atoms in total. The molecule has 1 amide bonds. The summed E-state index contributed by atoms with van der Waals surface area (Å²) in [5.41, 5.74) is 3.37. The molecule has 2 aromatic carbocycles. The van der Waals surface area contributed by atoms with E-state index in [9.17, 15) is 4.79 Å². The minimum absolute atomic E-state index is 0.0396. The number of ether oxygens (including phenoxy) is 2. The van der Waals surface area contributed by atoms with Gasteiger partial charge < -0.3 is 24.6 Å². The van der Waals surface area contributed by atoms with Gasteiger partial charge in [0.05, 0.1) is 40.9 Å². The third-order valence-electron chi connectivity index (χ3n) is 5.75. The van der Waals surface area contributed by atoms with Crippen molar-refractivity contribution >= 4 is 11.6 Å². The number of carbonyl (C=O) groups excluding carboxylic acids is 1. The largest absolute Gasteiger partial charge is 0.493 e. The predicted octanol–water partition coefficient (Wildman–Crippen LogP) is 0.578. The number of carbonyl (C=O) groups is 1. The number of anilines is 1. The Labute approximate surface area is 179 Å². The zero-order valence-electron chi connectivity index (χ0n) is 18.4. The molecule has 0 spiro atoms. The first-order chi connectivity index (χ1) is 14.6. The molecule has 0 aromatic heterocycles. The monoisotopic (exact) mass is 413 g/mol. The highest BCUT2D eigenvalue weighted by Crippen LogP contribution is 2.27. The standard InChI is InChI=1S/C24H33N3O3/c1-26(15-12-19-8-11-22(29-2)23(16-19)30-3)18-24(28)25-21-9-6-20(7-10-21)17-27-13-4-5-14-27/h6-11,16H,4-5,12-15,17-18H2,1-3H3,(H,25,28)/p+2. The van der Waals surface area contributed by atoms with Crippen LogP contribution in [0.3, 0.4) is 0 Å². The number of amides is 1. The van der Waals surface area contributed by atoms with Gasteiger partial charge >= 0.3 is 0 Å². The van der Waals surface area contributed by atoms with Crippen LogP contribution in [0.15, 0.2) is 42.5 Å². The minimum atomic E-state index is 0.0396. The normalized spacial score (nSPS) is 15.0. The molecule has 1 aliphatic rings. The van der Waals surface area contributed by atoms with E-state index in [4.69, 9.17) is 9.47 Å². The van der Waals surface area contributed by atoms with Crippen molar-refractivity contribution in [1.82, 2.24) is 0 Å². The van der Waals surface area contributed by atoms with Crippen molar-refractivity contribution < 1.29 is 24.1 Å². The van der Waals surface area contributed by atoms with E-state index in [2.05, 4.69) is 17.4 Å². The van der Waals surface area contributed by atoms with Crippen molar-refractivity contribution in [2.75, 3.05) is 52.8 Å². The van der Waals surface area contributed by atoms with Gasteiger partial charge in [0.15, 0.2) is 18.0 Å². The molecule has 30 heavy (non-hydrogen) atoms. The maximum Gasteiger partial charge on any atom is 0.279 e. The maximum absolute atomic E-state index is 12.4. The van der Waals surface area contributed by atoms with Crippen LogP contribution in [0.4, 0.5) is 5.69 Å². The van der Waals surface area contributed by atoms with Crippen LogP contribution < -0.4 is 24.6 Å². The lowest BCUT2D eigenvalue weighted by atomic mass is 10.1. The SMILES string of the molecule is COc1ccc(CC[NH+](C)CC(=O)Nc2ccc(C[NH+]3CCCC3)cc2)cc1OC. The lowest BCUT2D eigenvalue weighted by Gasteiger charge is -2.15. The Kier molecular flexibility index (Phi) is 8.11. The van der Waals surface area contributed by atoms with Gasteiger partial charge in [0.2, 0.25) is 0 Å². The second-order valence-corrected chi connectivity index (χ2v) is 8.20. The van der Waals surface area contributed by atoms with E-state index in [1.165, 1.54) is 37.1 Å². The molecule has 0 bridgehead atoms. The summed E-state index contributed by atoms with van der Waals surface area (Å²) in [6, 6.07) is 14.3. The van der Waals surface area contributed by atoms with Gasteiger partial charge in [0.25, 0.3) is 5.91 Å². The van der Waals surface area contributed by atoms with Crippen molar-refractivity contribution in [2.45, 2.75) is 25.8 Å². The van der Waals surface area contributed by atoms with Gasteiger partial charge in [-0.05, 0) is 29.8 Å². The first-order valence-corrected chi connectivity index (χ1v) is 10.8. The van der Waals surface area contributed by atoms with Crippen molar-refractivity contribution in [3.05, 3.63) is 53.6 Å². The topological polar surface area (TPSA) is 56.4 Å². The number of methoxy groups -OCH3 is 2. The van der Waals surface area contributed by atoms with Gasteiger partial charge in [-0.1, -0.05) is 18.2 Å². The van der Waals surface area contributed by atoms with Gasteiger partial charge in [0, 0.05) is 30.5 Å². The second-order valence-electron chi connectivity index (χ2n) is 8.20. The van der Waals surface area contributed by atoms with Crippen molar-refractivity contribution in [2.24, 2.45) is 0 Å². The number of quaternary nitrogens is 2. The van der Waals surface area contributed by atoms with Gasteiger partial charge in [-0.2, -0.15) is 0 Å². The molecule has 162 valence electrons. The Morgan fingerprint density at radius 1 is 1.00 bits per heavy atom. The van der Waals surface area contributed by atoms with Gasteiger partial charge in [-0.25, -0.2) is 0 Å². The molecule has 1 heterocycles. The number of rotatable bonds is 10. The Morgan fingerprint density at radius 3 is 2.33 bits per heavy atom. The molecule has 6 heteroatoms. The van der Waals surface area contributed by atoms with Crippen LogP contribution in [0.2, 0.25) is 0 Å². The van der Waals surface area contributed by atoms with Crippen LogP contribution in [0.1, 0.15) is 24.0 Å². The van der Waals surface area contributed by atoms with E-state index in [-0.39, 0.29) is 5.91 Å². The van der Waals surface area contributed by atoms with Gasteiger partial charge in [-0.15, -0.1) is 0 Å². The number of nitrogens with one attached hydrogen (secondary N) is 3. The molecule has 1 atom stereocenters. The summed E-state index contributed by atoms with van der Waals surface area (Å²) in [5, 5.41) is 3.02. The summed E-state index contributed by atoms with van der Waals surface area (Å²) in [6.45, 7) is 4.93. The van der Waals surface area contributed by atoms with Crippen LogP contribution >= 0.6 is 0 Å². The highest BCUT2D eigenvalue weighted by molar-refractivity contribution is 5.91. The number of hydrogen-bond acceptors (Lipinski definition) is 3. The van der Waals surface area contributed by atoms with E-state index in [1.54, 1.807) is 19.1 Å². The summed E-state index contributed by atoms with van der Waals surface area (Å²) < 4.78 is 10.6. The highest BCUT2D eigenvalue weighted by atomic mass is 16.5. The third-order valence-corrected chi connectivity index (χ3v) is 5.75. The minimum Gasteiger partial charge on any atom is -0.493 e. The van der Waals surface area contributed by atoms with Gasteiger partial charge in [0.1, 0.15) is 6.54 Å². The third kappa shape index (κ3) is 6.47. The molecule has 2 aromatic rings. The molecule has 1 saturated heterocycles. The van der Waals surface area contributed by atoms with E-state index in [0.717, 1.165) is 41.6 Å². The Bertz CT molecular complexity index is 817. The van der Waals surface area contributed by atoms with E-state index in [0.29, 0.717) is 6.54 Å². The molecule has 1 fully saturated rings. The van der Waals surface area contributed by atoms with E-state index >= 15 is 0 Å². The quantitative estimate of drug-likeness (QED) is 0.534. The fraction of sp³-hybridized carbons (Fsp3) is 0.458. The maximum atomic E-state index is 12.4. The summed E-state index contributed by atoms with van der Waals surface area (Å²) in [6.07, 6.45) is 3.55. The summed E-state index contributed by atoms with van der Waals surface area (Å²) in [4.78, 5) is 15.2. The number of likely N-dealkylation sites (tertiary alicyclic amines) is 1. The van der Waals surface area contributed by atoms with Crippen LogP contribution in [0, 0.1) is 0 Å². The molecule has 1 aliphatic heterocycles. The van der Waals surface area contributed by atoms with Crippen LogP contribution in [-0.2, 0) is 17.8 Å². The number of benzene rings is 2. The van der Waals surface area contributed by atoms with Gasteiger partial charge in [-0.3, -0.25) is 4.79 Å². The van der Waals surface area contributed by atoms with Crippen molar-refractivity contribution in [1.29, 1.82) is 0 Å². The molecule has 0 saturated carbocycles. The van der Waals surface area contributed by atoms with E-state index in [1.807, 2.05) is 37.4 Å². The average Bonchev–Trinajstić information content (AvgIpc) is 3.26. The lowest BCUT2D eigenvalue weighted by molar-refractivity contribution is -0.901. The second kappa shape index (κ2) is 11.0. The first-order valence-electron chi connectivity index (χ1n) is 10.8. The molecule has 3 N–H and O–H groups in total. The Morgan fingerprint density at radius 2 is 1.67 bits per heavy atom. The lowest BCUT2D eigenvalue weighted by Crippen LogP contribution is -3.10. The number of hydrogen-bond donors (Lipinski definition) is 3. The Hall–Kier alpha value is -2.57. The molecular weight excluding hydrogens is 378 g/mol. The fourth-order valence-corrected chi connectivity index (χ4v) is 4.01. The smallest absolute Gasteiger partial charge is 0.279 e. The summed E-state index contributed by atoms with van der Waals surface area (Å²) >= 11 is 0. The zero-order chi connectivity index (χ0) is 21.3. The van der Waals surface area contributed by atoms with Crippen molar-refractivity contribution in [3.8, 4) is 11.5 Å². The first kappa shape index (κ1) is 22.1. The summed E-state index contributed by atoms with van der Waals surface area (Å²) in [7, 11) is 5.32. The molecule has 1 unspecified atom stereocenters. The fourth-order valence-electron chi connectivity index (χ4n) is 4.01. The van der Waals surface area contributed by atoms with Crippen molar-refractivity contribution in [3.63, 3.8) is 0 Å². The zero-order valence-corrected chi connectivity index (χ0v) is 18.4. The van der Waals surface area contributed by atoms with Crippen LogP contribution in [0.25, 0.3) is 0 Å². The van der Waals surface area contributed by atoms with E-state index < -0.39 is 0 Å². The number of likely N-dealkylation sites (N-methyl/N-ethyl adjacent to an activating group) is 1.